The van der Waals surface area contributed by atoms with Crippen LogP contribution < -0.4 is 0 Å². The van der Waals surface area contributed by atoms with Crippen molar-refractivity contribution in [3.63, 3.8) is 0 Å². The molecule has 0 fully saturated rings. The van der Waals surface area contributed by atoms with Gasteiger partial charge < -0.3 is 9.30 Å². The summed E-state index contributed by atoms with van der Waals surface area (Å²) in [4.78, 5) is 0. The molecular formula is C10H13N3OS. The normalized spacial score (nSPS) is 10.8. The summed E-state index contributed by atoms with van der Waals surface area (Å²) in [5.74, 6) is 0.922. The fourth-order valence-corrected chi connectivity index (χ4v) is 2.23. The minimum Gasteiger partial charge on any atom is -0.383 e. The molecule has 2 aromatic heterocycles. The van der Waals surface area contributed by atoms with Gasteiger partial charge in [0.2, 0.25) is 0 Å². The van der Waals surface area contributed by atoms with Gasteiger partial charge in [0.15, 0.2) is 5.82 Å². The van der Waals surface area contributed by atoms with Crippen LogP contribution in [0.4, 0.5) is 0 Å². The number of methoxy groups -OCH3 is 1. The minimum atomic E-state index is 0.675. The molecule has 0 atom stereocenters. The zero-order chi connectivity index (χ0) is 10.7. The molecule has 0 saturated carbocycles. The van der Waals surface area contributed by atoms with Crippen LogP contribution in [0.25, 0.3) is 11.4 Å². The SMILES string of the molecule is COCCn1cnnc1-c1cscc1C. The average Bonchev–Trinajstić information content (AvgIpc) is 2.82. The number of nitrogens with zero attached hydrogens (tertiary/aromatic N) is 3. The fraction of sp³-hybridized carbons (Fsp3) is 0.400. The molecule has 80 valence electrons. The molecule has 0 N–H and O–H groups in total. The Balaban J connectivity index is 2.29. The average molecular weight is 223 g/mol. The van der Waals surface area contributed by atoms with Crippen LogP contribution in [0.2, 0.25) is 0 Å². The lowest BCUT2D eigenvalue weighted by Gasteiger charge is -2.04. The van der Waals surface area contributed by atoms with Gasteiger partial charge in [0.1, 0.15) is 6.33 Å². The maximum absolute atomic E-state index is 5.04. The van der Waals surface area contributed by atoms with E-state index in [0.29, 0.717) is 6.61 Å². The highest BCUT2D eigenvalue weighted by molar-refractivity contribution is 7.08. The van der Waals surface area contributed by atoms with E-state index in [4.69, 9.17) is 4.74 Å². The third kappa shape index (κ3) is 2.08. The second-order valence-electron chi connectivity index (χ2n) is 3.31. The highest BCUT2D eigenvalue weighted by Crippen LogP contribution is 2.24. The molecule has 0 spiro atoms. The van der Waals surface area contributed by atoms with E-state index in [9.17, 15) is 0 Å². The lowest BCUT2D eigenvalue weighted by atomic mass is 10.2. The van der Waals surface area contributed by atoms with Crippen LogP contribution in [0.15, 0.2) is 17.1 Å². The quantitative estimate of drug-likeness (QED) is 0.795. The van der Waals surface area contributed by atoms with Gasteiger partial charge in [-0.1, -0.05) is 0 Å². The second-order valence-corrected chi connectivity index (χ2v) is 4.05. The Kier molecular flexibility index (Phi) is 3.13. The molecule has 2 rings (SSSR count). The second kappa shape index (κ2) is 4.55. The zero-order valence-electron chi connectivity index (χ0n) is 8.80. The van der Waals surface area contributed by atoms with E-state index >= 15 is 0 Å². The molecule has 0 aliphatic heterocycles. The van der Waals surface area contributed by atoms with Gasteiger partial charge in [-0.3, -0.25) is 0 Å². The standard InChI is InChI=1S/C10H13N3OS/c1-8-5-15-6-9(8)10-12-11-7-13(10)3-4-14-2/h5-7H,3-4H2,1-2H3. The van der Waals surface area contributed by atoms with E-state index in [1.165, 1.54) is 5.56 Å². The van der Waals surface area contributed by atoms with Gasteiger partial charge in [0.25, 0.3) is 0 Å². The first kappa shape index (κ1) is 10.3. The van der Waals surface area contributed by atoms with E-state index in [1.54, 1.807) is 24.8 Å². The molecule has 0 saturated heterocycles. The van der Waals surface area contributed by atoms with E-state index in [-0.39, 0.29) is 0 Å². The number of hydrogen-bond donors (Lipinski definition) is 0. The Bertz CT molecular complexity index is 435. The Morgan fingerprint density at radius 3 is 3.00 bits per heavy atom. The van der Waals surface area contributed by atoms with Crippen LogP contribution in [0.3, 0.4) is 0 Å². The van der Waals surface area contributed by atoms with Crippen LogP contribution in [0, 0.1) is 6.92 Å². The first-order chi connectivity index (χ1) is 7.33. The minimum absolute atomic E-state index is 0.675. The van der Waals surface area contributed by atoms with E-state index < -0.39 is 0 Å². The van der Waals surface area contributed by atoms with Crippen molar-refractivity contribution in [2.75, 3.05) is 13.7 Å². The molecular weight excluding hydrogens is 210 g/mol. The third-order valence-electron chi connectivity index (χ3n) is 2.25. The summed E-state index contributed by atoms with van der Waals surface area (Å²) in [6.07, 6.45) is 1.74. The smallest absolute Gasteiger partial charge is 0.164 e. The predicted molar refractivity (Wildman–Crippen MR) is 59.9 cm³/mol. The molecule has 2 aromatic rings. The van der Waals surface area contributed by atoms with Gasteiger partial charge in [-0.15, -0.1) is 10.2 Å². The van der Waals surface area contributed by atoms with Gasteiger partial charge in [-0.05, 0) is 17.9 Å². The van der Waals surface area contributed by atoms with Crippen LogP contribution in [-0.2, 0) is 11.3 Å². The summed E-state index contributed by atoms with van der Waals surface area (Å²) in [6, 6.07) is 0. The fourth-order valence-electron chi connectivity index (χ4n) is 1.41. The summed E-state index contributed by atoms with van der Waals surface area (Å²) < 4.78 is 7.06. The van der Waals surface area contributed by atoms with Crippen molar-refractivity contribution in [3.8, 4) is 11.4 Å². The first-order valence-electron chi connectivity index (χ1n) is 4.73. The largest absolute Gasteiger partial charge is 0.383 e. The highest BCUT2D eigenvalue weighted by Gasteiger charge is 2.09. The van der Waals surface area contributed by atoms with Crippen molar-refractivity contribution < 1.29 is 4.74 Å². The van der Waals surface area contributed by atoms with E-state index in [1.807, 2.05) is 4.57 Å². The molecule has 0 aromatic carbocycles. The lowest BCUT2D eigenvalue weighted by Crippen LogP contribution is -2.04. The van der Waals surface area contributed by atoms with Crippen molar-refractivity contribution in [3.05, 3.63) is 22.7 Å². The van der Waals surface area contributed by atoms with Crippen LogP contribution in [-0.4, -0.2) is 28.5 Å². The van der Waals surface area contributed by atoms with Crippen LogP contribution >= 0.6 is 11.3 Å². The van der Waals surface area contributed by atoms with Crippen molar-refractivity contribution in [1.29, 1.82) is 0 Å². The molecule has 4 nitrogen and oxygen atoms in total. The monoisotopic (exact) mass is 223 g/mol. The molecule has 0 unspecified atom stereocenters. The van der Waals surface area contributed by atoms with Crippen LogP contribution in [0.1, 0.15) is 5.56 Å². The molecule has 5 heteroatoms. The van der Waals surface area contributed by atoms with Crippen LogP contribution in [0.5, 0.6) is 0 Å². The Hall–Kier alpha value is -1.20. The Labute approximate surface area is 92.5 Å². The topological polar surface area (TPSA) is 39.9 Å². The lowest BCUT2D eigenvalue weighted by molar-refractivity contribution is 0.187. The molecule has 0 aliphatic rings. The third-order valence-corrected chi connectivity index (χ3v) is 3.11. The number of aromatic nitrogens is 3. The molecule has 0 amide bonds. The van der Waals surface area contributed by atoms with Gasteiger partial charge in [0.05, 0.1) is 6.61 Å². The number of thiophene rings is 1. The summed E-state index contributed by atoms with van der Waals surface area (Å²) in [5.41, 5.74) is 2.40. The molecule has 0 aliphatic carbocycles. The maximum atomic E-state index is 5.04. The van der Waals surface area contributed by atoms with E-state index in [0.717, 1.165) is 17.9 Å². The van der Waals surface area contributed by atoms with Gasteiger partial charge >= 0.3 is 0 Å². The van der Waals surface area contributed by atoms with Crippen molar-refractivity contribution in [2.24, 2.45) is 0 Å². The summed E-state index contributed by atoms with van der Waals surface area (Å²) in [6.45, 7) is 3.55. The van der Waals surface area contributed by atoms with Crippen molar-refractivity contribution in [2.45, 2.75) is 13.5 Å². The van der Waals surface area contributed by atoms with Crippen molar-refractivity contribution >= 4 is 11.3 Å². The summed E-state index contributed by atoms with van der Waals surface area (Å²) in [7, 11) is 1.69. The summed E-state index contributed by atoms with van der Waals surface area (Å²) in [5, 5.41) is 12.3. The summed E-state index contributed by atoms with van der Waals surface area (Å²) >= 11 is 1.68. The molecule has 15 heavy (non-hydrogen) atoms. The maximum Gasteiger partial charge on any atom is 0.164 e. The van der Waals surface area contributed by atoms with E-state index in [2.05, 4.69) is 27.9 Å². The van der Waals surface area contributed by atoms with Gasteiger partial charge in [0, 0.05) is 24.6 Å². The number of hydrogen-bond acceptors (Lipinski definition) is 4. The van der Waals surface area contributed by atoms with Crippen molar-refractivity contribution in [1.82, 2.24) is 14.8 Å². The number of ether oxygens (including phenoxy) is 1. The molecule has 0 radical (unpaired) electrons. The Morgan fingerprint density at radius 1 is 1.47 bits per heavy atom. The Morgan fingerprint density at radius 2 is 2.33 bits per heavy atom. The van der Waals surface area contributed by atoms with Gasteiger partial charge in [-0.2, -0.15) is 11.3 Å². The zero-order valence-corrected chi connectivity index (χ0v) is 9.62. The van der Waals surface area contributed by atoms with Gasteiger partial charge in [-0.25, -0.2) is 0 Å². The number of aryl methyl sites for hydroxylation is 1. The number of rotatable bonds is 4. The molecule has 0 bridgehead atoms. The first-order valence-corrected chi connectivity index (χ1v) is 5.67. The highest BCUT2D eigenvalue weighted by atomic mass is 32.1. The molecule has 2 heterocycles. The predicted octanol–water partition coefficient (Wildman–Crippen LogP) is 1.96.